The van der Waals surface area contributed by atoms with Crippen molar-refractivity contribution in [2.75, 3.05) is 34.5 Å². The summed E-state index contributed by atoms with van der Waals surface area (Å²) in [4.78, 5) is 7.05. The molecule has 1 aromatic heterocycles. The number of methoxy groups -OCH3 is 2. The van der Waals surface area contributed by atoms with Gasteiger partial charge in [-0.15, -0.1) is 0 Å². The number of nitrogens with zero attached hydrogens (tertiary/aromatic N) is 2. The molecule has 0 aliphatic carbocycles. The molecule has 3 rings (SSSR count). The minimum absolute atomic E-state index is 0.531. The molecular formula is C19H26N2O4. The van der Waals surface area contributed by atoms with Crippen LogP contribution in [0.5, 0.6) is 11.5 Å². The Morgan fingerprint density at radius 2 is 1.96 bits per heavy atom. The van der Waals surface area contributed by atoms with Crippen LogP contribution in [0.4, 0.5) is 0 Å². The normalized spacial score (nSPS) is 15.6. The number of benzene rings is 1. The standard InChI is InChI=1S/C19H26N2O4/c1-13-17(12-21(2)14-7-9-24-10-8-14)20-19(25-13)16-6-5-15(22-3)11-18(16)23-4/h5-6,11,14H,7-10,12H2,1-4H3. The highest BCUT2D eigenvalue weighted by Crippen LogP contribution is 2.34. The van der Waals surface area contributed by atoms with Gasteiger partial charge in [0, 0.05) is 31.9 Å². The zero-order valence-electron chi connectivity index (χ0n) is 15.4. The molecule has 6 nitrogen and oxygen atoms in total. The van der Waals surface area contributed by atoms with Crippen LogP contribution in [0.1, 0.15) is 24.3 Å². The van der Waals surface area contributed by atoms with E-state index in [4.69, 9.17) is 23.6 Å². The number of aryl methyl sites for hydroxylation is 1. The van der Waals surface area contributed by atoms with E-state index < -0.39 is 0 Å². The molecule has 25 heavy (non-hydrogen) atoms. The van der Waals surface area contributed by atoms with Crippen molar-refractivity contribution >= 4 is 0 Å². The first-order valence-electron chi connectivity index (χ1n) is 8.59. The average molecular weight is 346 g/mol. The minimum atomic E-state index is 0.531. The zero-order valence-corrected chi connectivity index (χ0v) is 15.4. The second-order valence-corrected chi connectivity index (χ2v) is 6.35. The summed E-state index contributed by atoms with van der Waals surface area (Å²) in [5.74, 6) is 2.84. The maximum absolute atomic E-state index is 5.92. The van der Waals surface area contributed by atoms with E-state index >= 15 is 0 Å². The van der Waals surface area contributed by atoms with Crippen LogP contribution in [0.25, 0.3) is 11.5 Å². The molecule has 0 radical (unpaired) electrons. The Labute approximate surface area is 148 Å². The third kappa shape index (κ3) is 3.96. The van der Waals surface area contributed by atoms with E-state index in [2.05, 4.69) is 11.9 Å². The number of aromatic nitrogens is 1. The van der Waals surface area contributed by atoms with Gasteiger partial charge >= 0.3 is 0 Å². The molecule has 0 amide bonds. The molecule has 1 aliphatic heterocycles. The molecule has 1 aromatic carbocycles. The first-order valence-corrected chi connectivity index (χ1v) is 8.59. The number of rotatable bonds is 6. The monoisotopic (exact) mass is 346 g/mol. The van der Waals surface area contributed by atoms with E-state index in [1.807, 2.05) is 25.1 Å². The first kappa shape index (κ1) is 17.8. The maximum Gasteiger partial charge on any atom is 0.230 e. The molecule has 0 N–H and O–H groups in total. The van der Waals surface area contributed by atoms with Crippen molar-refractivity contribution in [3.8, 4) is 23.0 Å². The Balaban J connectivity index is 1.80. The van der Waals surface area contributed by atoms with E-state index in [0.717, 1.165) is 55.4 Å². The fraction of sp³-hybridized carbons (Fsp3) is 0.526. The third-order valence-electron chi connectivity index (χ3n) is 4.75. The van der Waals surface area contributed by atoms with Gasteiger partial charge < -0.3 is 18.6 Å². The molecule has 0 unspecified atom stereocenters. The van der Waals surface area contributed by atoms with Gasteiger partial charge in [0.15, 0.2) is 0 Å². The van der Waals surface area contributed by atoms with Gasteiger partial charge in [-0.3, -0.25) is 4.90 Å². The summed E-state index contributed by atoms with van der Waals surface area (Å²) in [7, 11) is 5.40. The SMILES string of the molecule is COc1ccc(-c2nc(CN(C)C3CCOCC3)c(C)o2)c(OC)c1. The third-order valence-corrected chi connectivity index (χ3v) is 4.75. The van der Waals surface area contributed by atoms with Crippen LogP contribution in [0.3, 0.4) is 0 Å². The van der Waals surface area contributed by atoms with Crippen LogP contribution in [-0.4, -0.2) is 50.4 Å². The van der Waals surface area contributed by atoms with E-state index in [9.17, 15) is 0 Å². The summed E-state index contributed by atoms with van der Waals surface area (Å²) in [6, 6.07) is 6.16. The molecule has 0 spiro atoms. The van der Waals surface area contributed by atoms with Gasteiger partial charge in [0.05, 0.1) is 25.5 Å². The first-order chi connectivity index (χ1) is 12.1. The molecule has 1 saturated heterocycles. The van der Waals surface area contributed by atoms with Gasteiger partial charge in [-0.1, -0.05) is 0 Å². The molecular weight excluding hydrogens is 320 g/mol. The van der Waals surface area contributed by atoms with Crippen LogP contribution in [0.2, 0.25) is 0 Å². The Kier molecular flexibility index (Phi) is 5.60. The number of oxazole rings is 1. The lowest BCUT2D eigenvalue weighted by Crippen LogP contribution is -2.36. The second-order valence-electron chi connectivity index (χ2n) is 6.35. The Hall–Kier alpha value is -2.05. The number of hydrogen-bond donors (Lipinski definition) is 0. The fourth-order valence-electron chi connectivity index (χ4n) is 3.16. The lowest BCUT2D eigenvalue weighted by atomic mass is 10.1. The number of ether oxygens (including phenoxy) is 3. The average Bonchev–Trinajstić information content (AvgIpc) is 3.02. The van der Waals surface area contributed by atoms with Crippen LogP contribution in [0, 0.1) is 6.92 Å². The molecule has 1 fully saturated rings. The topological polar surface area (TPSA) is 57.0 Å². The van der Waals surface area contributed by atoms with Crippen LogP contribution in [0.15, 0.2) is 22.6 Å². The van der Waals surface area contributed by atoms with Gasteiger partial charge in [0.25, 0.3) is 0 Å². The van der Waals surface area contributed by atoms with Crippen LogP contribution < -0.4 is 9.47 Å². The van der Waals surface area contributed by atoms with Crippen molar-refractivity contribution in [1.29, 1.82) is 0 Å². The van der Waals surface area contributed by atoms with E-state index in [1.165, 1.54) is 0 Å². The summed E-state index contributed by atoms with van der Waals surface area (Å²) < 4.78 is 22.1. The Morgan fingerprint density at radius 3 is 2.64 bits per heavy atom. The summed E-state index contributed by atoms with van der Waals surface area (Å²) in [6.45, 7) is 4.39. The van der Waals surface area contributed by atoms with Gasteiger partial charge in [0.1, 0.15) is 17.3 Å². The summed E-state index contributed by atoms with van der Waals surface area (Å²) in [6.07, 6.45) is 2.12. The molecule has 136 valence electrons. The van der Waals surface area contributed by atoms with Crippen molar-refractivity contribution in [2.45, 2.75) is 32.4 Å². The predicted octanol–water partition coefficient (Wildman–Crippen LogP) is 3.28. The molecule has 0 atom stereocenters. The molecule has 1 aliphatic rings. The van der Waals surface area contributed by atoms with Crippen molar-refractivity contribution in [3.05, 3.63) is 29.7 Å². The maximum atomic E-state index is 5.92. The van der Waals surface area contributed by atoms with E-state index in [-0.39, 0.29) is 0 Å². The second kappa shape index (κ2) is 7.89. The molecule has 0 bridgehead atoms. The summed E-state index contributed by atoms with van der Waals surface area (Å²) in [5.41, 5.74) is 1.79. The molecule has 2 aromatic rings. The predicted molar refractivity (Wildman–Crippen MR) is 95.1 cm³/mol. The van der Waals surface area contributed by atoms with E-state index in [1.54, 1.807) is 14.2 Å². The minimum Gasteiger partial charge on any atom is -0.497 e. The highest BCUT2D eigenvalue weighted by Gasteiger charge is 2.22. The largest absolute Gasteiger partial charge is 0.497 e. The van der Waals surface area contributed by atoms with Gasteiger partial charge in [-0.2, -0.15) is 0 Å². The molecule has 6 heteroatoms. The Morgan fingerprint density at radius 1 is 1.20 bits per heavy atom. The van der Waals surface area contributed by atoms with Gasteiger partial charge in [0.2, 0.25) is 5.89 Å². The van der Waals surface area contributed by atoms with Gasteiger partial charge in [-0.25, -0.2) is 4.98 Å². The lowest BCUT2D eigenvalue weighted by Gasteiger charge is -2.30. The van der Waals surface area contributed by atoms with Crippen molar-refractivity contribution < 1.29 is 18.6 Å². The van der Waals surface area contributed by atoms with E-state index in [0.29, 0.717) is 17.7 Å². The van der Waals surface area contributed by atoms with Gasteiger partial charge in [-0.05, 0) is 38.9 Å². The highest BCUT2D eigenvalue weighted by molar-refractivity contribution is 5.65. The quantitative estimate of drug-likeness (QED) is 0.800. The number of hydrogen-bond acceptors (Lipinski definition) is 6. The molecule has 0 saturated carbocycles. The summed E-state index contributed by atoms with van der Waals surface area (Å²) >= 11 is 0. The van der Waals surface area contributed by atoms with Crippen LogP contribution in [-0.2, 0) is 11.3 Å². The zero-order chi connectivity index (χ0) is 17.8. The smallest absolute Gasteiger partial charge is 0.230 e. The van der Waals surface area contributed by atoms with Crippen LogP contribution >= 0.6 is 0 Å². The highest BCUT2D eigenvalue weighted by atomic mass is 16.5. The summed E-state index contributed by atoms with van der Waals surface area (Å²) in [5, 5.41) is 0. The van der Waals surface area contributed by atoms with Crippen molar-refractivity contribution in [1.82, 2.24) is 9.88 Å². The fourth-order valence-corrected chi connectivity index (χ4v) is 3.16. The lowest BCUT2D eigenvalue weighted by molar-refractivity contribution is 0.0402. The van der Waals surface area contributed by atoms with Crippen molar-refractivity contribution in [3.63, 3.8) is 0 Å². The van der Waals surface area contributed by atoms with Crippen molar-refractivity contribution in [2.24, 2.45) is 0 Å². The molecule has 2 heterocycles. The Bertz CT molecular complexity index is 707.